The summed E-state index contributed by atoms with van der Waals surface area (Å²) in [6, 6.07) is 22.0. The molecule has 1 N–H and O–H groups in total. The van der Waals surface area contributed by atoms with Gasteiger partial charge in [0, 0.05) is 28.4 Å². The lowest BCUT2D eigenvalue weighted by molar-refractivity contribution is -0.126. The molecule has 8 nitrogen and oxygen atoms in total. The van der Waals surface area contributed by atoms with Crippen molar-refractivity contribution in [3.63, 3.8) is 0 Å². The summed E-state index contributed by atoms with van der Waals surface area (Å²) in [7, 11) is 3.19. The van der Waals surface area contributed by atoms with Gasteiger partial charge in [-0.15, -0.1) is 0 Å². The third-order valence-corrected chi connectivity index (χ3v) is 7.31. The van der Waals surface area contributed by atoms with Gasteiger partial charge >= 0.3 is 0 Å². The van der Waals surface area contributed by atoms with E-state index in [0.717, 1.165) is 22.4 Å². The average Bonchev–Trinajstić information content (AvgIpc) is 3.37. The Hall–Kier alpha value is -4.30. The van der Waals surface area contributed by atoms with E-state index in [1.54, 1.807) is 48.9 Å². The summed E-state index contributed by atoms with van der Waals surface area (Å²) in [5.74, 6) is 0.728. The van der Waals surface area contributed by atoms with Crippen LogP contribution in [0.5, 0.6) is 11.5 Å². The molecule has 200 valence electrons. The Kier molecular flexibility index (Phi) is 7.06. The number of halogens is 1. The minimum absolute atomic E-state index is 0.147. The molecule has 0 saturated heterocycles. The van der Waals surface area contributed by atoms with E-state index in [2.05, 4.69) is 5.32 Å². The minimum atomic E-state index is -1.30. The summed E-state index contributed by atoms with van der Waals surface area (Å²) in [5.41, 5.74) is 2.76. The third kappa shape index (κ3) is 4.83. The minimum Gasteiger partial charge on any atom is -0.497 e. The molecule has 1 aromatic heterocycles. The Morgan fingerprint density at radius 1 is 1.05 bits per heavy atom. The highest BCUT2D eigenvalue weighted by molar-refractivity contribution is 6.31. The van der Waals surface area contributed by atoms with Crippen LogP contribution in [0, 0.1) is 6.92 Å². The number of para-hydroxylation sites is 1. The fourth-order valence-corrected chi connectivity index (χ4v) is 5.07. The molecule has 2 amide bonds. The van der Waals surface area contributed by atoms with Crippen molar-refractivity contribution in [2.45, 2.75) is 32.5 Å². The van der Waals surface area contributed by atoms with E-state index in [4.69, 9.17) is 26.2 Å². The summed E-state index contributed by atoms with van der Waals surface area (Å²) in [5, 5.41) is 8.21. The zero-order valence-electron chi connectivity index (χ0n) is 22.2. The number of anilines is 1. The molecule has 1 atom stereocenters. The molecule has 3 aromatic carbocycles. The van der Waals surface area contributed by atoms with Gasteiger partial charge in [0.2, 0.25) is 5.91 Å². The Morgan fingerprint density at radius 2 is 1.79 bits per heavy atom. The monoisotopic (exact) mass is 544 g/mol. The Bertz CT molecular complexity index is 1550. The van der Waals surface area contributed by atoms with Crippen molar-refractivity contribution in [3.8, 4) is 22.8 Å². The number of rotatable bonds is 7. The van der Waals surface area contributed by atoms with Gasteiger partial charge in [-0.3, -0.25) is 19.2 Å². The normalized spacial score (nSPS) is 16.5. The van der Waals surface area contributed by atoms with Crippen LogP contribution in [0.25, 0.3) is 11.3 Å². The smallest absolute Gasteiger partial charge is 0.277 e. The van der Waals surface area contributed by atoms with Crippen LogP contribution in [0.2, 0.25) is 5.02 Å². The van der Waals surface area contributed by atoms with Gasteiger partial charge in [0.1, 0.15) is 22.7 Å². The van der Waals surface area contributed by atoms with Crippen molar-refractivity contribution >= 4 is 29.1 Å². The number of carbonyl (C=O) groups is 2. The molecule has 0 radical (unpaired) electrons. The summed E-state index contributed by atoms with van der Waals surface area (Å²) in [4.78, 5) is 29.6. The second-order valence-corrected chi connectivity index (χ2v) is 10.1. The van der Waals surface area contributed by atoms with Gasteiger partial charge in [0.25, 0.3) is 5.91 Å². The molecule has 1 aliphatic rings. The van der Waals surface area contributed by atoms with E-state index in [0.29, 0.717) is 27.8 Å². The molecule has 0 fully saturated rings. The number of ether oxygens (including phenoxy) is 2. The predicted octanol–water partition coefficient (Wildman–Crippen LogP) is 5.26. The first-order valence-corrected chi connectivity index (χ1v) is 12.9. The second-order valence-electron chi connectivity index (χ2n) is 9.64. The van der Waals surface area contributed by atoms with Crippen molar-refractivity contribution in [1.82, 2.24) is 15.1 Å². The molecule has 0 spiro atoms. The molecule has 0 aliphatic carbocycles. The predicted molar refractivity (Wildman–Crippen MR) is 150 cm³/mol. The lowest BCUT2D eigenvalue weighted by Crippen LogP contribution is -2.64. The Balaban J connectivity index is 1.55. The molecule has 1 aliphatic heterocycles. The van der Waals surface area contributed by atoms with E-state index >= 15 is 0 Å². The SMILES string of the molecule is COc1ccc(-c2cc3n(n2)C[C@@](C)(C(=O)NCc2ccccc2OC)N(c2cc(Cl)ccc2C)C3=O)cc1. The van der Waals surface area contributed by atoms with E-state index < -0.39 is 5.54 Å². The number of fused-ring (bicyclic) bond motifs is 1. The fourth-order valence-electron chi connectivity index (χ4n) is 4.90. The van der Waals surface area contributed by atoms with Crippen molar-refractivity contribution in [2.24, 2.45) is 0 Å². The zero-order chi connectivity index (χ0) is 27.7. The van der Waals surface area contributed by atoms with Crippen molar-refractivity contribution < 1.29 is 19.1 Å². The molecule has 9 heteroatoms. The number of methoxy groups -OCH3 is 2. The van der Waals surface area contributed by atoms with E-state index in [9.17, 15) is 9.59 Å². The van der Waals surface area contributed by atoms with E-state index in [-0.39, 0.29) is 24.9 Å². The number of hydrogen-bond acceptors (Lipinski definition) is 5. The first kappa shape index (κ1) is 26.3. The van der Waals surface area contributed by atoms with Gasteiger partial charge in [-0.2, -0.15) is 5.10 Å². The number of carbonyl (C=O) groups excluding carboxylic acids is 2. The largest absolute Gasteiger partial charge is 0.497 e. The molecule has 39 heavy (non-hydrogen) atoms. The van der Waals surface area contributed by atoms with Gasteiger partial charge in [0.15, 0.2) is 0 Å². The number of amides is 2. The molecule has 4 aromatic rings. The van der Waals surface area contributed by atoms with Crippen LogP contribution >= 0.6 is 11.6 Å². The number of benzene rings is 3. The third-order valence-electron chi connectivity index (χ3n) is 7.07. The maximum absolute atomic E-state index is 14.1. The fraction of sp³-hybridized carbons (Fsp3) is 0.233. The number of hydrogen-bond donors (Lipinski definition) is 1. The number of aryl methyl sites for hydroxylation is 1. The van der Waals surface area contributed by atoms with Crippen molar-refractivity contribution in [2.75, 3.05) is 19.1 Å². The molecule has 2 heterocycles. The van der Waals surface area contributed by atoms with Crippen LogP contribution in [-0.2, 0) is 17.9 Å². The number of nitrogens with zero attached hydrogens (tertiary/aromatic N) is 3. The molecule has 0 bridgehead atoms. The summed E-state index contributed by atoms with van der Waals surface area (Å²) < 4.78 is 12.3. The summed E-state index contributed by atoms with van der Waals surface area (Å²) >= 11 is 6.36. The summed E-state index contributed by atoms with van der Waals surface area (Å²) in [6.07, 6.45) is 0. The van der Waals surface area contributed by atoms with Crippen LogP contribution in [-0.4, -0.2) is 41.4 Å². The standard InChI is InChI=1S/C30H29ClN4O4/c1-19-9-12-22(31)15-25(19)35-28(36)26-16-24(20-10-13-23(38-3)14-11-20)33-34(26)18-30(35,2)29(37)32-17-21-7-5-6-8-27(21)39-4/h5-16H,17-18H2,1-4H3,(H,32,37)/t30-/m0/s1. The molecule has 0 unspecified atom stereocenters. The zero-order valence-corrected chi connectivity index (χ0v) is 23.0. The lowest BCUT2D eigenvalue weighted by Gasteiger charge is -2.43. The number of aromatic nitrogens is 2. The van der Waals surface area contributed by atoms with Crippen molar-refractivity contribution in [1.29, 1.82) is 0 Å². The Morgan fingerprint density at radius 3 is 2.51 bits per heavy atom. The Labute approximate surface area is 232 Å². The highest BCUT2D eigenvalue weighted by Gasteiger charge is 2.49. The van der Waals surface area contributed by atoms with Crippen LogP contribution in [0.15, 0.2) is 72.8 Å². The molecule has 5 rings (SSSR count). The molecular formula is C30H29ClN4O4. The number of nitrogens with one attached hydrogen (secondary N) is 1. The maximum Gasteiger partial charge on any atom is 0.277 e. The first-order chi connectivity index (χ1) is 18.7. The van der Waals surface area contributed by atoms with Crippen molar-refractivity contribution in [3.05, 3.63) is 94.6 Å². The highest BCUT2D eigenvalue weighted by Crippen LogP contribution is 2.37. The first-order valence-electron chi connectivity index (χ1n) is 12.5. The van der Waals surface area contributed by atoms with Gasteiger partial charge in [-0.25, -0.2) is 0 Å². The maximum atomic E-state index is 14.1. The summed E-state index contributed by atoms with van der Waals surface area (Å²) in [6.45, 7) is 4.02. The van der Waals surface area contributed by atoms with Crippen LogP contribution < -0.4 is 19.7 Å². The lowest BCUT2D eigenvalue weighted by atomic mass is 9.93. The van der Waals surface area contributed by atoms with Crippen LogP contribution in [0.4, 0.5) is 5.69 Å². The topological polar surface area (TPSA) is 85.7 Å². The quantitative estimate of drug-likeness (QED) is 0.343. The average molecular weight is 545 g/mol. The second kappa shape index (κ2) is 10.5. The van der Waals surface area contributed by atoms with Crippen LogP contribution in [0.1, 0.15) is 28.5 Å². The molecule has 0 saturated carbocycles. The van der Waals surface area contributed by atoms with Gasteiger partial charge in [-0.05, 0) is 67.9 Å². The van der Waals surface area contributed by atoms with Gasteiger partial charge < -0.3 is 14.8 Å². The van der Waals surface area contributed by atoms with Gasteiger partial charge in [-0.1, -0.05) is 35.9 Å². The molecular weight excluding hydrogens is 516 g/mol. The van der Waals surface area contributed by atoms with E-state index in [1.165, 1.54) is 0 Å². The van der Waals surface area contributed by atoms with Crippen LogP contribution in [0.3, 0.4) is 0 Å². The highest BCUT2D eigenvalue weighted by atomic mass is 35.5. The van der Waals surface area contributed by atoms with E-state index in [1.807, 2.05) is 61.5 Å². The van der Waals surface area contributed by atoms with Gasteiger partial charge in [0.05, 0.1) is 26.5 Å².